The number of fused-ring (bicyclic) bond motifs is 1. The fraction of sp³-hybridized carbons (Fsp3) is 0.429. The minimum Gasteiger partial charge on any atom is -0.508 e. The summed E-state index contributed by atoms with van der Waals surface area (Å²) >= 11 is 0. The molecule has 0 saturated carbocycles. The number of terminal acetylenes is 1. The molecule has 0 spiro atoms. The number of phenols is 1. The Labute approximate surface area is 241 Å². The largest absolute Gasteiger partial charge is 0.508 e. The molecule has 0 amide bonds. The molecule has 0 aromatic heterocycles. The van der Waals surface area contributed by atoms with Gasteiger partial charge in [0.25, 0.3) is 0 Å². The second kappa shape index (κ2) is 17.2. The zero-order valence-electron chi connectivity index (χ0n) is 24.4. The Morgan fingerprint density at radius 1 is 0.825 bits per heavy atom. The predicted molar refractivity (Wildman–Crippen MR) is 167 cm³/mol. The second-order valence-corrected chi connectivity index (χ2v) is 10.3. The average Bonchev–Trinajstić information content (AvgIpc) is 3.02. The minimum atomic E-state index is 0.408. The van der Waals surface area contributed by atoms with Crippen molar-refractivity contribution in [1.29, 1.82) is 0 Å². The number of hydrogen-bond donors (Lipinski definition) is 1. The monoisotopic (exact) mass is 542 g/mol. The van der Waals surface area contributed by atoms with Crippen molar-refractivity contribution in [2.75, 3.05) is 44.8 Å². The highest BCUT2D eigenvalue weighted by Crippen LogP contribution is 2.25. The molecule has 1 aliphatic carbocycles. The highest BCUT2D eigenvalue weighted by molar-refractivity contribution is 5.51. The van der Waals surface area contributed by atoms with E-state index in [2.05, 4.69) is 66.0 Å². The molecule has 0 unspecified atom stereocenters. The maximum Gasteiger partial charge on any atom is 0.120 e. The molecule has 3 aromatic carbocycles. The van der Waals surface area contributed by atoms with E-state index >= 15 is 0 Å². The number of ether oxygens (including phenoxy) is 2. The molecule has 3 aromatic rings. The van der Waals surface area contributed by atoms with Crippen molar-refractivity contribution in [3.05, 3.63) is 83.4 Å². The molecule has 0 radical (unpaired) electrons. The summed E-state index contributed by atoms with van der Waals surface area (Å²) in [5, 5.41) is 9.19. The molecule has 0 bridgehead atoms. The van der Waals surface area contributed by atoms with Crippen LogP contribution >= 0.6 is 0 Å². The van der Waals surface area contributed by atoms with Crippen molar-refractivity contribution in [2.24, 2.45) is 0 Å². The van der Waals surface area contributed by atoms with Crippen molar-refractivity contribution in [3.8, 4) is 30.1 Å². The summed E-state index contributed by atoms with van der Waals surface area (Å²) in [5.74, 6) is 2.26. The van der Waals surface area contributed by atoms with Gasteiger partial charge >= 0.3 is 0 Å². The van der Waals surface area contributed by atoms with Gasteiger partial charge in [0.1, 0.15) is 23.9 Å². The van der Waals surface area contributed by atoms with Gasteiger partial charge in [0, 0.05) is 31.4 Å². The Morgan fingerprint density at radius 3 is 2.25 bits per heavy atom. The van der Waals surface area contributed by atoms with Crippen LogP contribution in [-0.4, -0.2) is 49.9 Å². The molecule has 5 heteroatoms. The van der Waals surface area contributed by atoms with Crippen LogP contribution in [0.15, 0.2) is 66.7 Å². The van der Waals surface area contributed by atoms with Crippen LogP contribution < -0.4 is 14.4 Å². The number of likely N-dealkylation sites (tertiary alicyclic amines) is 1. The number of phenolic OH excluding ortho intramolecular Hbond substituents is 1. The Bertz CT molecular complexity index is 1150. The van der Waals surface area contributed by atoms with E-state index in [0.717, 1.165) is 44.2 Å². The number of rotatable bonds is 9. The first-order valence-electron chi connectivity index (χ1n) is 14.6. The fourth-order valence-electron chi connectivity index (χ4n) is 5.30. The van der Waals surface area contributed by atoms with Crippen molar-refractivity contribution in [3.63, 3.8) is 0 Å². The fourth-order valence-corrected chi connectivity index (χ4v) is 5.30. The highest BCUT2D eigenvalue weighted by Gasteiger charge is 2.11. The summed E-state index contributed by atoms with van der Waals surface area (Å²) in [4.78, 5) is 4.85. The third-order valence-electron chi connectivity index (χ3n) is 7.55. The smallest absolute Gasteiger partial charge is 0.120 e. The van der Waals surface area contributed by atoms with Crippen LogP contribution in [0, 0.1) is 12.8 Å². The van der Waals surface area contributed by atoms with Crippen LogP contribution in [0.2, 0.25) is 0 Å². The lowest BCUT2D eigenvalue weighted by atomic mass is 9.92. The average molecular weight is 543 g/mol. The molecule has 5 rings (SSSR count). The van der Waals surface area contributed by atoms with Crippen LogP contribution in [0.25, 0.3) is 0 Å². The first-order valence-corrected chi connectivity index (χ1v) is 14.6. The highest BCUT2D eigenvalue weighted by atomic mass is 16.5. The van der Waals surface area contributed by atoms with E-state index in [1.165, 1.54) is 74.0 Å². The van der Waals surface area contributed by atoms with Crippen molar-refractivity contribution < 1.29 is 14.6 Å². The third kappa shape index (κ3) is 9.84. The number of aromatic hydroxyl groups is 1. The van der Waals surface area contributed by atoms with Gasteiger partial charge in [-0.2, -0.15) is 0 Å². The molecular formula is C35H46N2O3. The van der Waals surface area contributed by atoms with Gasteiger partial charge in [-0.05, 0) is 112 Å². The minimum absolute atomic E-state index is 0.408. The van der Waals surface area contributed by atoms with E-state index in [0.29, 0.717) is 5.75 Å². The normalized spacial score (nSPS) is 14.4. The van der Waals surface area contributed by atoms with E-state index in [1.54, 1.807) is 13.2 Å². The van der Waals surface area contributed by atoms with Gasteiger partial charge in [-0.25, -0.2) is 0 Å². The zero-order chi connectivity index (χ0) is 28.6. The number of methoxy groups -OCH3 is 1. The molecular weight excluding hydrogens is 496 g/mol. The first-order chi connectivity index (χ1) is 19.6. The molecule has 5 nitrogen and oxygen atoms in total. The number of nitrogens with zero attached hydrogens (tertiary/aromatic N) is 2. The van der Waals surface area contributed by atoms with Gasteiger partial charge in [-0.1, -0.05) is 30.7 Å². The van der Waals surface area contributed by atoms with Crippen LogP contribution in [0.1, 0.15) is 55.7 Å². The van der Waals surface area contributed by atoms with Gasteiger partial charge in [-0.3, -0.25) is 4.90 Å². The van der Waals surface area contributed by atoms with Gasteiger partial charge in [0.2, 0.25) is 0 Å². The number of piperidine rings is 1. The maximum atomic E-state index is 9.19. The van der Waals surface area contributed by atoms with Crippen LogP contribution in [-0.2, 0) is 19.4 Å². The van der Waals surface area contributed by atoms with Gasteiger partial charge in [0.05, 0.1) is 7.11 Å². The van der Waals surface area contributed by atoms with Crippen LogP contribution in [0.3, 0.4) is 0 Å². The number of aryl methyl sites for hydroxylation is 2. The van der Waals surface area contributed by atoms with Crippen molar-refractivity contribution in [1.82, 2.24) is 4.90 Å². The van der Waals surface area contributed by atoms with Crippen LogP contribution in [0.4, 0.5) is 5.69 Å². The molecule has 214 valence electrons. The molecule has 0 atom stereocenters. The van der Waals surface area contributed by atoms with E-state index in [-0.39, 0.29) is 0 Å². The molecule has 40 heavy (non-hydrogen) atoms. The van der Waals surface area contributed by atoms with Gasteiger partial charge in [-0.15, -0.1) is 12.8 Å². The summed E-state index contributed by atoms with van der Waals surface area (Å²) in [7, 11) is 1.71. The Hall–Kier alpha value is -3.62. The lowest BCUT2D eigenvalue weighted by molar-refractivity contribution is 0.183. The summed E-state index contributed by atoms with van der Waals surface area (Å²) in [6.45, 7) is 8.24. The van der Waals surface area contributed by atoms with E-state index in [1.807, 2.05) is 24.3 Å². The topological polar surface area (TPSA) is 45.2 Å². The summed E-state index contributed by atoms with van der Waals surface area (Å²) in [6.07, 6.45) is 16.9. The summed E-state index contributed by atoms with van der Waals surface area (Å²) in [6, 6.07) is 22.5. The molecule has 1 aliphatic heterocycles. The van der Waals surface area contributed by atoms with Gasteiger partial charge < -0.3 is 19.5 Å². The second-order valence-electron chi connectivity index (χ2n) is 10.3. The molecule has 1 fully saturated rings. The summed E-state index contributed by atoms with van der Waals surface area (Å²) < 4.78 is 11.3. The van der Waals surface area contributed by atoms with E-state index in [9.17, 15) is 5.11 Å². The number of benzene rings is 3. The standard InChI is InChI=1S/C23H32N2O2.C10H12O.C2H2/c1-3-25(21-8-7-9-23(18-21)26-2)19-20-10-12-22(13-11-20)27-17-16-24-14-5-4-6-15-24;11-10-6-5-8-3-1-2-4-9(8)7-10;1-2/h7-13,18H,3-6,14-17,19H2,1-2H3;5-7,11H,1-4H2;1-2H. The lowest BCUT2D eigenvalue weighted by Gasteiger charge is -2.26. The maximum absolute atomic E-state index is 9.19. The molecule has 1 N–H and O–H groups in total. The molecule has 1 saturated heterocycles. The predicted octanol–water partition coefficient (Wildman–Crippen LogP) is 7.11. The molecule has 2 aliphatic rings. The number of hydrogen-bond acceptors (Lipinski definition) is 5. The first kappa shape index (κ1) is 30.9. The third-order valence-corrected chi connectivity index (χ3v) is 7.55. The van der Waals surface area contributed by atoms with Gasteiger partial charge in [0.15, 0.2) is 0 Å². The lowest BCUT2D eigenvalue weighted by Crippen LogP contribution is -2.33. The molecule has 1 heterocycles. The Morgan fingerprint density at radius 2 is 1.55 bits per heavy atom. The quantitative estimate of drug-likeness (QED) is 0.292. The van der Waals surface area contributed by atoms with E-state index in [4.69, 9.17) is 9.47 Å². The number of anilines is 1. The summed E-state index contributed by atoms with van der Waals surface area (Å²) in [5.41, 5.74) is 5.23. The Balaban J connectivity index is 0.000000280. The van der Waals surface area contributed by atoms with Crippen molar-refractivity contribution >= 4 is 5.69 Å². The van der Waals surface area contributed by atoms with Crippen LogP contribution in [0.5, 0.6) is 17.2 Å². The SMILES string of the molecule is C#C.CCN(Cc1ccc(OCCN2CCCCC2)cc1)c1cccc(OC)c1.Oc1ccc2c(c1)CCCC2. The Kier molecular flexibility index (Phi) is 13.3. The van der Waals surface area contributed by atoms with Crippen molar-refractivity contribution in [2.45, 2.75) is 58.4 Å². The van der Waals surface area contributed by atoms with E-state index < -0.39 is 0 Å². The zero-order valence-corrected chi connectivity index (χ0v) is 24.4.